The Balaban J connectivity index is 2.20. The van der Waals surface area contributed by atoms with E-state index in [1.165, 1.54) is 12.8 Å². The minimum Gasteiger partial charge on any atom is -0.373 e. The van der Waals surface area contributed by atoms with Crippen molar-refractivity contribution in [2.24, 2.45) is 0 Å². The average Bonchev–Trinajstić information content (AvgIpc) is 3.29. The van der Waals surface area contributed by atoms with E-state index in [0.29, 0.717) is 18.9 Å². The average molecular weight is 277 g/mol. The van der Waals surface area contributed by atoms with Gasteiger partial charge in [-0.1, -0.05) is 0 Å². The van der Waals surface area contributed by atoms with Crippen molar-refractivity contribution in [3.63, 3.8) is 0 Å². The summed E-state index contributed by atoms with van der Waals surface area (Å²) in [6.07, 6.45) is 2.81. The molecule has 1 aromatic heterocycles. The van der Waals surface area contributed by atoms with Gasteiger partial charge in [0.1, 0.15) is 17.5 Å². The van der Waals surface area contributed by atoms with Gasteiger partial charge in [-0.05, 0) is 19.8 Å². The minimum atomic E-state index is 0.0415. The third-order valence-electron chi connectivity index (χ3n) is 3.63. The number of amides is 1. The second kappa shape index (κ2) is 6.07. The Morgan fingerprint density at radius 2 is 2.05 bits per heavy atom. The second-order valence-electron chi connectivity index (χ2n) is 5.25. The lowest BCUT2D eigenvalue weighted by atomic mass is 10.2. The van der Waals surface area contributed by atoms with Crippen molar-refractivity contribution in [1.29, 1.82) is 0 Å². The van der Waals surface area contributed by atoms with Gasteiger partial charge < -0.3 is 15.5 Å². The predicted octanol–water partition coefficient (Wildman–Crippen LogP) is 1.28. The molecule has 0 spiro atoms. The number of carbonyl (C=O) groups excluding carboxylic acids is 1. The molecule has 0 bridgehead atoms. The fourth-order valence-corrected chi connectivity index (χ4v) is 2.16. The molecule has 0 radical (unpaired) electrons. The summed E-state index contributed by atoms with van der Waals surface area (Å²) in [6.45, 7) is 2.65. The van der Waals surface area contributed by atoms with E-state index < -0.39 is 0 Å². The van der Waals surface area contributed by atoms with Gasteiger partial charge in [0.15, 0.2) is 0 Å². The lowest BCUT2D eigenvalue weighted by Crippen LogP contribution is -2.28. The maximum atomic E-state index is 11.4. The molecule has 0 saturated heterocycles. The summed E-state index contributed by atoms with van der Waals surface area (Å²) in [4.78, 5) is 22.7. The lowest BCUT2D eigenvalue weighted by molar-refractivity contribution is -0.120. The molecule has 1 fully saturated rings. The number of nitrogens with zero attached hydrogens (tertiary/aromatic N) is 3. The van der Waals surface area contributed by atoms with Crippen LogP contribution in [0.4, 0.5) is 11.6 Å². The largest absolute Gasteiger partial charge is 0.373 e. The quantitative estimate of drug-likeness (QED) is 0.819. The normalized spacial score (nSPS) is 14.0. The van der Waals surface area contributed by atoms with Gasteiger partial charge in [-0.25, -0.2) is 9.97 Å². The van der Waals surface area contributed by atoms with Crippen LogP contribution in [0.25, 0.3) is 0 Å². The van der Waals surface area contributed by atoms with Gasteiger partial charge in [0.05, 0.1) is 0 Å². The number of aromatic nitrogens is 2. The molecule has 0 atom stereocenters. The molecule has 1 amide bonds. The molecule has 1 aliphatic carbocycles. The van der Waals surface area contributed by atoms with Gasteiger partial charge in [-0.3, -0.25) is 4.79 Å². The topological polar surface area (TPSA) is 70.2 Å². The SMILES string of the molecule is CNC(=O)CCN(C)c1nc(C2CC2)nc(NC)c1C. The van der Waals surface area contributed by atoms with E-state index in [9.17, 15) is 4.79 Å². The van der Waals surface area contributed by atoms with E-state index >= 15 is 0 Å². The van der Waals surface area contributed by atoms with Crippen molar-refractivity contribution in [1.82, 2.24) is 15.3 Å². The Kier molecular flexibility index (Phi) is 4.42. The van der Waals surface area contributed by atoms with Gasteiger partial charge in [0.25, 0.3) is 0 Å². The van der Waals surface area contributed by atoms with Crippen LogP contribution in [-0.4, -0.2) is 43.6 Å². The van der Waals surface area contributed by atoms with Crippen LogP contribution in [0, 0.1) is 6.92 Å². The van der Waals surface area contributed by atoms with Crippen LogP contribution in [0.1, 0.15) is 36.6 Å². The molecule has 0 unspecified atom stereocenters. The molecular weight excluding hydrogens is 254 g/mol. The summed E-state index contributed by atoms with van der Waals surface area (Å²) >= 11 is 0. The van der Waals surface area contributed by atoms with E-state index in [0.717, 1.165) is 23.0 Å². The maximum Gasteiger partial charge on any atom is 0.221 e. The van der Waals surface area contributed by atoms with Crippen LogP contribution in [0.5, 0.6) is 0 Å². The summed E-state index contributed by atoms with van der Waals surface area (Å²) in [5.74, 6) is 3.26. The van der Waals surface area contributed by atoms with Crippen molar-refractivity contribution in [2.75, 3.05) is 37.9 Å². The molecule has 1 aromatic rings. The van der Waals surface area contributed by atoms with E-state index in [2.05, 4.69) is 20.6 Å². The maximum absolute atomic E-state index is 11.4. The zero-order chi connectivity index (χ0) is 14.7. The predicted molar refractivity (Wildman–Crippen MR) is 80.2 cm³/mol. The summed E-state index contributed by atoms with van der Waals surface area (Å²) in [5, 5.41) is 5.77. The van der Waals surface area contributed by atoms with E-state index in [4.69, 9.17) is 0 Å². The summed E-state index contributed by atoms with van der Waals surface area (Å²) in [5.41, 5.74) is 1.02. The molecule has 0 aliphatic heterocycles. The van der Waals surface area contributed by atoms with Crippen molar-refractivity contribution < 1.29 is 4.79 Å². The third kappa shape index (κ3) is 3.18. The molecule has 6 heteroatoms. The first-order chi connectivity index (χ1) is 9.56. The van der Waals surface area contributed by atoms with Crippen LogP contribution in [-0.2, 0) is 4.79 Å². The minimum absolute atomic E-state index is 0.0415. The monoisotopic (exact) mass is 277 g/mol. The number of hydrogen-bond acceptors (Lipinski definition) is 5. The number of carbonyl (C=O) groups is 1. The van der Waals surface area contributed by atoms with Gasteiger partial charge in [-0.2, -0.15) is 0 Å². The zero-order valence-electron chi connectivity index (χ0n) is 12.7. The van der Waals surface area contributed by atoms with Crippen LogP contribution < -0.4 is 15.5 Å². The highest BCUT2D eigenvalue weighted by molar-refractivity contribution is 5.76. The Labute approximate surface area is 120 Å². The van der Waals surface area contributed by atoms with Crippen LogP contribution >= 0.6 is 0 Å². The number of anilines is 2. The first-order valence-corrected chi connectivity index (χ1v) is 7.04. The number of rotatable bonds is 6. The van der Waals surface area contributed by atoms with E-state index in [-0.39, 0.29) is 5.91 Å². The third-order valence-corrected chi connectivity index (χ3v) is 3.63. The van der Waals surface area contributed by atoms with Crippen LogP contribution in [0.2, 0.25) is 0 Å². The fourth-order valence-electron chi connectivity index (χ4n) is 2.16. The highest BCUT2D eigenvalue weighted by Gasteiger charge is 2.28. The molecule has 6 nitrogen and oxygen atoms in total. The molecule has 20 heavy (non-hydrogen) atoms. The van der Waals surface area contributed by atoms with Crippen molar-refractivity contribution >= 4 is 17.5 Å². The van der Waals surface area contributed by atoms with Crippen LogP contribution in [0.15, 0.2) is 0 Å². The first kappa shape index (κ1) is 14.6. The van der Waals surface area contributed by atoms with Crippen LogP contribution in [0.3, 0.4) is 0 Å². The highest BCUT2D eigenvalue weighted by atomic mass is 16.1. The Morgan fingerprint density at radius 3 is 2.60 bits per heavy atom. The zero-order valence-corrected chi connectivity index (χ0v) is 12.7. The number of hydrogen-bond donors (Lipinski definition) is 2. The van der Waals surface area contributed by atoms with Crippen molar-refractivity contribution in [2.45, 2.75) is 32.1 Å². The molecule has 1 saturated carbocycles. The van der Waals surface area contributed by atoms with Crippen molar-refractivity contribution in [3.8, 4) is 0 Å². The lowest BCUT2D eigenvalue weighted by Gasteiger charge is -2.22. The Hall–Kier alpha value is -1.85. The Morgan fingerprint density at radius 1 is 1.35 bits per heavy atom. The molecule has 2 N–H and O–H groups in total. The molecule has 110 valence electrons. The van der Waals surface area contributed by atoms with E-state index in [1.807, 2.05) is 25.9 Å². The van der Waals surface area contributed by atoms with Crippen molar-refractivity contribution in [3.05, 3.63) is 11.4 Å². The summed E-state index contributed by atoms with van der Waals surface area (Å²) < 4.78 is 0. The summed E-state index contributed by atoms with van der Waals surface area (Å²) in [6, 6.07) is 0. The smallest absolute Gasteiger partial charge is 0.221 e. The fraction of sp³-hybridized carbons (Fsp3) is 0.643. The van der Waals surface area contributed by atoms with Gasteiger partial charge in [0.2, 0.25) is 5.91 Å². The number of nitrogens with one attached hydrogen (secondary N) is 2. The second-order valence-corrected chi connectivity index (χ2v) is 5.25. The molecular formula is C14H23N5O. The first-order valence-electron chi connectivity index (χ1n) is 7.04. The summed E-state index contributed by atoms with van der Waals surface area (Å²) in [7, 11) is 5.50. The van der Waals surface area contributed by atoms with Gasteiger partial charge in [0, 0.05) is 45.6 Å². The van der Waals surface area contributed by atoms with E-state index in [1.54, 1.807) is 7.05 Å². The molecule has 0 aromatic carbocycles. The highest BCUT2D eigenvalue weighted by Crippen LogP contribution is 2.39. The molecule has 1 aliphatic rings. The Bertz CT molecular complexity index is 499. The van der Waals surface area contributed by atoms with Gasteiger partial charge in [-0.15, -0.1) is 0 Å². The van der Waals surface area contributed by atoms with Gasteiger partial charge >= 0.3 is 0 Å². The molecule has 2 rings (SSSR count). The standard InChI is InChI=1S/C14H23N5O/c1-9-12(16-3)17-13(10-5-6-10)18-14(9)19(4)8-7-11(20)15-2/h10H,5-8H2,1-4H3,(H,15,20)(H,16,17,18). The molecule has 1 heterocycles.